The standard InChI is InChI=1S/C12H22N2OS/c1-3-9(11(13)16)12(15)14-10-7-5-4-6-8(10)2/h8-10H,3-7H2,1-2H3,(H2,13,16)(H,14,15). The van der Waals surface area contributed by atoms with Gasteiger partial charge in [0.15, 0.2) is 0 Å². The van der Waals surface area contributed by atoms with Crippen LogP contribution < -0.4 is 11.1 Å². The van der Waals surface area contributed by atoms with Crippen molar-refractivity contribution >= 4 is 23.1 Å². The molecule has 3 unspecified atom stereocenters. The van der Waals surface area contributed by atoms with Crippen molar-refractivity contribution in [2.75, 3.05) is 0 Å². The molecule has 0 aromatic heterocycles. The Morgan fingerprint density at radius 3 is 2.62 bits per heavy atom. The number of thiocarbonyl (C=S) groups is 1. The molecule has 0 aromatic carbocycles. The minimum atomic E-state index is -0.302. The van der Waals surface area contributed by atoms with Crippen molar-refractivity contribution in [3.8, 4) is 0 Å². The lowest BCUT2D eigenvalue weighted by Crippen LogP contribution is -2.46. The summed E-state index contributed by atoms with van der Waals surface area (Å²) < 4.78 is 0. The van der Waals surface area contributed by atoms with E-state index in [9.17, 15) is 4.79 Å². The van der Waals surface area contributed by atoms with E-state index in [0.29, 0.717) is 23.4 Å². The third-order valence-corrected chi connectivity index (χ3v) is 3.79. The fraction of sp³-hybridized carbons (Fsp3) is 0.833. The van der Waals surface area contributed by atoms with Crippen molar-refractivity contribution in [1.82, 2.24) is 5.32 Å². The highest BCUT2D eigenvalue weighted by Gasteiger charge is 2.26. The number of carbonyl (C=O) groups is 1. The highest BCUT2D eigenvalue weighted by Crippen LogP contribution is 2.24. The van der Waals surface area contributed by atoms with Gasteiger partial charge in [-0.15, -0.1) is 0 Å². The summed E-state index contributed by atoms with van der Waals surface area (Å²) in [6.45, 7) is 4.14. The highest BCUT2D eigenvalue weighted by atomic mass is 32.1. The molecule has 1 aliphatic rings. The zero-order valence-electron chi connectivity index (χ0n) is 10.2. The number of rotatable bonds is 4. The molecule has 0 aliphatic heterocycles. The van der Waals surface area contributed by atoms with Crippen LogP contribution in [0.5, 0.6) is 0 Å². The van der Waals surface area contributed by atoms with Crippen LogP contribution >= 0.6 is 12.2 Å². The zero-order chi connectivity index (χ0) is 12.1. The smallest absolute Gasteiger partial charge is 0.230 e. The number of amides is 1. The molecular formula is C12H22N2OS. The topological polar surface area (TPSA) is 55.1 Å². The molecule has 3 atom stereocenters. The van der Waals surface area contributed by atoms with Crippen LogP contribution in [0.25, 0.3) is 0 Å². The maximum atomic E-state index is 12.0. The van der Waals surface area contributed by atoms with Gasteiger partial charge in [-0.1, -0.05) is 38.9 Å². The Kier molecular flexibility index (Phi) is 5.19. The lowest BCUT2D eigenvalue weighted by Gasteiger charge is -2.30. The van der Waals surface area contributed by atoms with E-state index in [2.05, 4.69) is 12.2 Å². The van der Waals surface area contributed by atoms with Crippen LogP contribution in [-0.2, 0) is 4.79 Å². The van der Waals surface area contributed by atoms with E-state index in [1.54, 1.807) is 0 Å². The molecule has 4 heteroatoms. The van der Waals surface area contributed by atoms with E-state index < -0.39 is 0 Å². The molecule has 16 heavy (non-hydrogen) atoms. The third-order valence-electron chi connectivity index (χ3n) is 3.51. The number of hydrogen-bond acceptors (Lipinski definition) is 2. The van der Waals surface area contributed by atoms with E-state index in [-0.39, 0.29) is 11.8 Å². The van der Waals surface area contributed by atoms with Gasteiger partial charge in [0.05, 0.1) is 10.9 Å². The first-order valence-electron chi connectivity index (χ1n) is 6.16. The molecule has 3 N–H and O–H groups in total. The van der Waals surface area contributed by atoms with E-state index in [0.717, 1.165) is 6.42 Å². The molecule has 1 rings (SSSR count). The quantitative estimate of drug-likeness (QED) is 0.741. The minimum Gasteiger partial charge on any atom is -0.393 e. The molecule has 3 nitrogen and oxygen atoms in total. The first-order chi connectivity index (χ1) is 7.56. The van der Waals surface area contributed by atoms with Gasteiger partial charge >= 0.3 is 0 Å². The maximum Gasteiger partial charge on any atom is 0.230 e. The molecule has 0 aromatic rings. The van der Waals surface area contributed by atoms with E-state index in [4.69, 9.17) is 18.0 Å². The monoisotopic (exact) mass is 242 g/mol. The summed E-state index contributed by atoms with van der Waals surface area (Å²) in [5, 5.41) is 3.09. The van der Waals surface area contributed by atoms with Crippen LogP contribution in [0.4, 0.5) is 0 Å². The van der Waals surface area contributed by atoms with E-state index >= 15 is 0 Å². The second kappa shape index (κ2) is 6.18. The van der Waals surface area contributed by atoms with Gasteiger partial charge in [-0.25, -0.2) is 0 Å². The average molecular weight is 242 g/mol. The first-order valence-corrected chi connectivity index (χ1v) is 6.56. The van der Waals surface area contributed by atoms with Gasteiger partial charge < -0.3 is 11.1 Å². The number of carbonyl (C=O) groups excluding carboxylic acids is 1. The van der Waals surface area contributed by atoms with Crippen molar-refractivity contribution in [3.63, 3.8) is 0 Å². The van der Waals surface area contributed by atoms with Crippen LogP contribution in [0.3, 0.4) is 0 Å². The van der Waals surface area contributed by atoms with Gasteiger partial charge in [0, 0.05) is 6.04 Å². The van der Waals surface area contributed by atoms with Gasteiger partial charge in [0.1, 0.15) is 0 Å². The van der Waals surface area contributed by atoms with Crippen LogP contribution in [0.1, 0.15) is 46.0 Å². The minimum absolute atomic E-state index is 0.00810. The normalized spacial score (nSPS) is 27.1. The maximum absolute atomic E-state index is 12.0. The lowest BCUT2D eigenvalue weighted by molar-refractivity contribution is -0.124. The highest BCUT2D eigenvalue weighted by molar-refractivity contribution is 7.80. The van der Waals surface area contributed by atoms with Crippen LogP contribution in [0.2, 0.25) is 0 Å². The molecule has 0 spiro atoms. The fourth-order valence-corrected chi connectivity index (χ4v) is 2.60. The van der Waals surface area contributed by atoms with E-state index in [1.165, 1.54) is 19.3 Å². The Balaban J connectivity index is 2.51. The third kappa shape index (κ3) is 3.44. The summed E-state index contributed by atoms with van der Waals surface area (Å²) in [7, 11) is 0. The van der Waals surface area contributed by atoms with Crippen molar-refractivity contribution in [2.24, 2.45) is 17.6 Å². The Hall–Kier alpha value is -0.640. The predicted octanol–water partition coefficient (Wildman–Crippen LogP) is 1.99. The Morgan fingerprint density at radius 2 is 2.12 bits per heavy atom. The molecule has 0 bridgehead atoms. The molecule has 1 saturated carbocycles. The van der Waals surface area contributed by atoms with Gasteiger partial charge in [0.25, 0.3) is 0 Å². The van der Waals surface area contributed by atoms with Crippen molar-refractivity contribution in [2.45, 2.75) is 52.0 Å². The largest absolute Gasteiger partial charge is 0.393 e. The van der Waals surface area contributed by atoms with Gasteiger partial charge in [0.2, 0.25) is 5.91 Å². The SMILES string of the molecule is CCC(C(=O)NC1CCCCC1C)C(N)=S. The van der Waals surface area contributed by atoms with Crippen molar-refractivity contribution in [3.05, 3.63) is 0 Å². The Bertz CT molecular complexity index is 268. The fourth-order valence-electron chi connectivity index (χ4n) is 2.33. The molecule has 0 radical (unpaired) electrons. The van der Waals surface area contributed by atoms with Crippen LogP contribution in [0.15, 0.2) is 0 Å². The summed E-state index contributed by atoms with van der Waals surface area (Å²) in [5.41, 5.74) is 5.56. The Labute approximate surface area is 103 Å². The average Bonchev–Trinajstić information content (AvgIpc) is 2.22. The molecule has 0 saturated heterocycles. The van der Waals surface area contributed by atoms with Crippen LogP contribution in [-0.4, -0.2) is 16.9 Å². The summed E-state index contributed by atoms with van der Waals surface area (Å²) in [6.07, 6.45) is 5.46. The molecule has 1 fully saturated rings. The second-order valence-corrected chi connectivity index (χ2v) is 5.21. The van der Waals surface area contributed by atoms with E-state index in [1.807, 2.05) is 6.92 Å². The lowest BCUT2D eigenvalue weighted by atomic mass is 9.85. The molecular weight excluding hydrogens is 220 g/mol. The summed E-state index contributed by atoms with van der Waals surface area (Å²) in [6, 6.07) is 0.310. The zero-order valence-corrected chi connectivity index (χ0v) is 11.0. The predicted molar refractivity (Wildman–Crippen MR) is 70.1 cm³/mol. The first kappa shape index (κ1) is 13.4. The molecule has 92 valence electrons. The van der Waals surface area contributed by atoms with Gasteiger partial charge in [-0.3, -0.25) is 4.79 Å². The summed E-state index contributed by atoms with van der Waals surface area (Å²) >= 11 is 4.91. The molecule has 0 heterocycles. The van der Waals surface area contributed by atoms with Crippen molar-refractivity contribution in [1.29, 1.82) is 0 Å². The molecule has 1 aliphatic carbocycles. The second-order valence-electron chi connectivity index (χ2n) is 4.74. The van der Waals surface area contributed by atoms with Gasteiger partial charge in [-0.05, 0) is 25.2 Å². The summed E-state index contributed by atoms with van der Waals surface area (Å²) in [4.78, 5) is 12.3. The Morgan fingerprint density at radius 1 is 1.50 bits per heavy atom. The number of nitrogens with two attached hydrogens (primary N) is 1. The molecule has 1 amide bonds. The number of hydrogen-bond donors (Lipinski definition) is 2. The van der Waals surface area contributed by atoms with Gasteiger partial charge in [-0.2, -0.15) is 0 Å². The van der Waals surface area contributed by atoms with Crippen molar-refractivity contribution < 1.29 is 4.79 Å². The number of nitrogens with one attached hydrogen (secondary N) is 1. The van der Waals surface area contributed by atoms with Crippen LogP contribution in [0, 0.1) is 11.8 Å². The summed E-state index contributed by atoms with van der Waals surface area (Å²) in [5.74, 6) is 0.277.